The van der Waals surface area contributed by atoms with E-state index in [1.54, 1.807) is 0 Å². The molecule has 0 fully saturated rings. The van der Waals surface area contributed by atoms with Gasteiger partial charge >= 0.3 is 33.6 Å². The Morgan fingerprint density at radius 2 is 0.495 bits per heavy atom. The minimum Gasteiger partial charge on any atom is -0.463 e. The lowest BCUT2D eigenvalue weighted by Crippen LogP contribution is -2.30. The summed E-state index contributed by atoms with van der Waals surface area (Å²) in [5, 5.41) is 20.7. The molecule has 0 heterocycles. The van der Waals surface area contributed by atoms with Crippen LogP contribution in [0.3, 0.4) is 0 Å². The highest BCUT2D eigenvalue weighted by molar-refractivity contribution is 7.47. The molecule has 0 radical (unpaired) electrons. The molecule has 606 valence electrons. The minimum atomic E-state index is -4.96. The van der Waals surface area contributed by atoms with E-state index in [2.05, 4.69) is 215 Å². The Hall–Kier alpha value is -5.61. The third kappa shape index (κ3) is 81.2. The van der Waals surface area contributed by atoms with Gasteiger partial charge in [-0.2, -0.15) is 0 Å². The van der Waals surface area contributed by atoms with Crippen molar-refractivity contribution in [2.75, 3.05) is 39.6 Å². The highest BCUT2D eigenvalue weighted by atomic mass is 31.2. The third-order valence-electron chi connectivity index (χ3n) is 16.3. The molecular formula is C89H144O16P2. The molecule has 107 heavy (non-hydrogen) atoms. The molecule has 4 N–H and O–H groups in total. The van der Waals surface area contributed by atoms with E-state index in [0.29, 0.717) is 19.3 Å². The lowest BCUT2D eigenvalue weighted by Gasteiger charge is -2.21. The highest BCUT2D eigenvalue weighted by Gasteiger charge is 2.29. The fourth-order valence-corrected chi connectivity index (χ4v) is 11.7. The van der Waals surface area contributed by atoms with E-state index in [1.165, 1.54) is 19.3 Å². The van der Waals surface area contributed by atoms with Crippen molar-refractivity contribution in [2.45, 2.75) is 309 Å². The van der Waals surface area contributed by atoms with Crippen LogP contribution in [-0.2, 0) is 55.8 Å². The topological polar surface area (TPSA) is 231 Å². The minimum absolute atomic E-state index is 0.0715. The summed E-state index contributed by atoms with van der Waals surface area (Å²) in [6.45, 7) is 2.35. The molecule has 18 heteroatoms. The zero-order valence-electron chi connectivity index (χ0n) is 66.2. The first kappa shape index (κ1) is 101. The van der Waals surface area contributed by atoms with Crippen LogP contribution in [0.5, 0.6) is 0 Å². The number of phosphoric acid groups is 2. The van der Waals surface area contributed by atoms with Gasteiger partial charge in [-0.15, -0.1) is 0 Å². The Labute approximate surface area is 648 Å². The number of phosphoric ester groups is 2. The van der Waals surface area contributed by atoms with E-state index in [9.17, 15) is 43.5 Å². The molecule has 0 aliphatic rings. The van der Waals surface area contributed by atoms with Crippen LogP contribution in [0.1, 0.15) is 290 Å². The molecule has 0 aliphatic carbocycles. The zero-order chi connectivity index (χ0) is 78.0. The molecule has 16 nitrogen and oxygen atoms in total. The van der Waals surface area contributed by atoms with Crippen LogP contribution in [0.15, 0.2) is 194 Å². The molecule has 0 aliphatic heterocycles. The van der Waals surface area contributed by atoms with Crippen molar-refractivity contribution >= 4 is 33.6 Å². The molecule has 0 amide bonds. The Bertz CT molecular complexity index is 2720. The fourth-order valence-electron chi connectivity index (χ4n) is 10.1. The number of ether oxygens (including phenoxy) is 3. The first-order valence-electron chi connectivity index (χ1n) is 40.7. The van der Waals surface area contributed by atoms with Crippen LogP contribution in [0.4, 0.5) is 0 Å². The number of hydrogen-bond acceptors (Lipinski definition) is 14. The van der Waals surface area contributed by atoms with Gasteiger partial charge in [0.2, 0.25) is 0 Å². The number of unbranched alkanes of at least 4 members (excludes halogenated alkanes) is 20. The lowest BCUT2D eigenvalue weighted by atomic mass is 10.1. The summed E-state index contributed by atoms with van der Waals surface area (Å²) in [6, 6.07) is 0. The van der Waals surface area contributed by atoms with Crippen molar-refractivity contribution in [3.05, 3.63) is 194 Å². The number of hydrogen-bond donors (Lipinski definition) is 4. The van der Waals surface area contributed by atoms with E-state index in [4.69, 9.17) is 32.3 Å². The fraction of sp³-hybridized carbons (Fsp3) is 0.607. The van der Waals surface area contributed by atoms with Gasteiger partial charge in [0.25, 0.3) is 0 Å². The second-order valence-electron chi connectivity index (χ2n) is 26.5. The predicted octanol–water partition coefficient (Wildman–Crippen LogP) is 24.3. The second-order valence-corrected chi connectivity index (χ2v) is 29.4. The summed E-state index contributed by atoms with van der Waals surface area (Å²) >= 11 is 0. The quantitative estimate of drug-likeness (QED) is 0.0146. The summed E-state index contributed by atoms with van der Waals surface area (Å²) in [4.78, 5) is 58.8. The van der Waals surface area contributed by atoms with Crippen molar-refractivity contribution in [1.29, 1.82) is 0 Å². The van der Waals surface area contributed by atoms with Crippen LogP contribution in [-0.4, -0.2) is 95.9 Å². The molecule has 0 aromatic heterocycles. The SMILES string of the molecule is CC/C=C\C/C=C\C/C=C\C/C=C\C/C=C\C/C=C\CCCCCCCCC(=O)OCC(O)COP(=O)(O)OCC(O)COP(=O)(O)OCC(COC(=O)CCCCCCCC/C=C\C/C=C\C/C=C\C/C=C\C/C=C\C/C=C\CC)OC(=O)CCCCCCC/C=C\C/C=C\C/C=C\C/C=C\CCCCC. The Kier molecular flexibility index (Phi) is 75.7. The second kappa shape index (κ2) is 79.9. The van der Waals surface area contributed by atoms with Gasteiger partial charge < -0.3 is 34.2 Å². The standard InChI is InChI=1S/C89H144O16P2/c1-4-7-10-13-16-19-22-25-28-31-34-37-39-41-43-46-48-51-54-57-60-63-66-69-72-75-87(92)99-78-84(90)79-101-106(95,96)102-80-85(91)81-103-107(97,98)104-83-86(105-89(94)77-74-71-68-65-62-59-56-53-50-45-36-33-30-27-24-21-18-15-12-9-6-3)82-100-88(93)76-73-70-67-64-61-58-55-52-49-47-44-42-40-38-35-32-29-26-23-20-17-14-11-8-5-2/h7-8,10-11,16-21,25-30,34-38,41-45,48-49,51-53,56,84-86,90-91H,4-6,9,12-15,22-24,31-33,39-40,46-47,50,54-55,57-83H2,1-3H3,(H,95,96)(H,97,98)/b10-7-,11-8-,19-16-,20-17-,21-18-,28-25-,29-26-,30-27-,37-34-,38-35-,43-41-,44-42-,45-36-,51-48-,52-49-,56-53-. The molecule has 0 rings (SSSR count). The first-order chi connectivity index (χ1) is 52.2. The summed E-state index contributed by atoms with van der Waals surface area (Å²) in [7, 11) is -9.83. The smallest absolute Gasteiger partial charge is 0.463 e. The number of carbonyl (C=O) groups is 3. The van der Waals surface area contributed by atoms with Gasteiger partial charge in [0.15, 0.2) is 6.10 Å². The average Bonchev–Trinajstić information content (AvgIpc) is 0.904. The van der Waals surface area contributed by atoms with Crippen LogP contribution in [0.2, 0.25) is 0 Å². The van der Waals surface area contributed by atoms with Crippen LogP contribution in [0, 0.1) is 0 Å². The number of aliphatic hydroxyl groups is 2. The molecular weight excluding hydrogens is 1390 g/mol. The predicted molar refractivity (Wildman–Crippen MR) is 444 cm³/mol. The lowest BCUT2D eigenvalue weighted by molar-refractivity contribution is -0.161. The van der Waals surface area contributed by atoms with Gasteiger partial charge in [0, 0.05) is 19.3 Å². The maximum atomic E-state index is 13.0. The van der Waals surface area contributed by atoms with Gasteiger partial charge in [-0.1, -0.05) is 299 Å². The van der Waals surface area contributed by atoms with Gasteiger partial charge in [-0.05, 0) is 167 Å². The van der Waals surface area contributed by atoms with Crippen LogP contribution >= 0.6 is 15.6 Å². The van der Waals surface area contributed by atoms with Gasteiger partial charge in [-0.3, -0.25) is 32.5 Å². The van der Waals surface area contributed by atoms with Gasteiger partial charge in [0.1, 0.15) is 25.4 Å². The van der Waals surface area contributed by atoms with Crippen molar-refractivity contribution in [3.63, 3.8) is 0 Å². The monoisotopic (exact) mass is 1530 g/mol. The number of aliphatic hydroxyl groups excluding tert-OH is 2. The average molecular weight is 1530 g/mol. The first-order valence-corrected chi connectivity index (χ1v) is 43.7. The third-order valence-corrected chi connectivity index (χ3v) is 18.2. The molecule has 0 saturated carbocycles. The van der Waals surface area contributed by atoms with Crippen molar-refractivity contribution in [1.82, 2.24) is 0 Å². The maximum Gasteiger partial charge on any atom is 0.472 e. The van der Waals surface area contributed by atoms with Crippen molar-refractivity contribution < 1.29 is 75.8 Å². The molecule has 5 unspecified atom stereocenters. The van der Waals surface area contributed by atoms with E-state index in [0.717, 1.165) is 212 Å². The highest BCUT2D eigenvalue weighted by Crippen LogP contribution is 2.45. The molecule has 0 spiro atoms. The summed E-state index contributed by atoms with van der Waals surface area (Å²) in [5.41, 5.74) is 0. The van der Waals surface area contributed by atoms with Crippen molar-refractivity contribution in [2.24, 2.45) is 0 Å². The normalized spacial score (nSPS) is 14.9. The zero-order valence-corrected chi connectivity index (χ0v) is 68.0. The molecule has 0 aromatic carbocycles. The van der Waals surface area contributed by atoms with Crippen LogP contribution < -0.4 is 0 Å². The van der Waals surface area contributed by atoms with Gasteiger partial charge in [0.05, 0.1) is 26.4 Å². The summed E-state index contributed by atoms with van der Waals surface area (Å²) in [5.74, 6) is -1.64. The molecule has 0 aromatic rings. The summed E-state index contributed by atoms with van der Waals surface area (Å²) in [6.07, 6.45) is 105. The largest absolute Gasteiger partial charge is 0.472 e. The van der Waals surface area contributed by atoms with Crippen molar-refractivity contribution in [3.8, 4) is 0 Å². The Morgan fingerprint density at radius 3 is 0.785 bits per heavy atom. The Balaban J connectivity index is 4.77. The number of rotatable bonds is 75. The van der Waals surface area contributed by atoms with E-state index in [1.807, 2.05) is 0 Å². The van der Waals surface area contributed by atoms with E-state index >= 15 is 0 Å². The number of esters is 3. The molecule has 0 bridgehead atoms. The number of carbonyl (C=O) groups excluding carboxylic acids is 3. The molecule has 0 saturated heterocycles. The van der Waals surface area contributed by atoms with E-state index < -0.39 is 91.5 Å². The Morgan fingerprint density at radius 1 is 0.271 bits per heavy atom. The van der Waals surface area contributed by atoms with Gasteiger partial charge in [-0.25, -0.2) is 9.13 Å². The molecule has 5 atom stereocenters. The van der Waals surface area contributed by atoms with E-state index in [-0.39, 0.29) is 19.3 Å². The number of allylic oxidation sites excluding steroid dienone is 32. The van der Waals surface area contributed by atoms with Crippen LogP contribution in [0.25, 0.3) is 0 Å². The maximum absolute atomic E-state index is 13.0. The summed E-state index contributed by atoms with van der Waals surface area (Å²) < 4.78 is 61.2.